The molecule has 0 spiro atoms. The Morgan fingerprint density at radius 2 is 1.69 bits per heavy atom. The Morgan fingerprint density at radius 3 is 2.31 bits per heavy atom. The summed E-state index contributed by atoms with van der Waals surface area (Å²) >= 11 is 7.18. The van der Waals surface area contributed by atoms with Crippen molar-refractivity contribution in [3.05, 3.63) is 59.1 Å². The second-order valence-electron chi connectivity index (χ2n) is 7.42. The highest BCUT2D eigenvalue weighted by atomic mass is 35.5. The van der Waals surface area contributed by atoms with Crippen molar-refractivity contribution in [3.8, 4) is 10.6 Å². The predicted molar refractivity (Wildman–Crippen MR) is 130 cm³/mol. The van der Waals surface area contributed by atoms with E-state index in [1.165, 1.54) is 16.9 Å². The number of hydrogen-bond acceptors (Lipinski definition) is 5. The first kappa shape index (κ1) is 23.7. The quantitative estimate of drug-likeness (QED) is 0.398. The van der Waals surface area contributed by atoms with Gasteiger partial charge in [0.1, 0.15) is 11.0 Å². The Bertz CT molecular complexity index is 1050. The molecule has 0 unspecified atom stereocenters. The SMILES string of the molecule is CCc1ccc(NC(=O)N[C@H](C(=O)Nc2nnc(-c3ccc(Cl)cc3)s2)[C@H](C)CC)cc1. The van der Waals surface area contributed by atoms with E-state index in [1.54, 1.807) is 12.1 Å². The monoisotopic (exact) mass is 471 g/mol. The second-order valence-corrected chi connectivity index (χ2v) is 8.83. The van der Waals surface area contributed by atoms with E-state index < -0.39 is 12.1 Å². The van der Waals surface area contributed by atoms with Crippen molar-refractivity contribution in [2.45, 2.75) is 39.7 Å². The highest BCUT2D eigenvalue weighted by Gasteiger charge is 2.27. The lowest BCUT2D eigenvalue weighted by molar-refractivity contribution is -0.119. The Kier molecular flexibility index (Phi) is 8.19. The minimum Gasteiger partial charge on any atom is -0.326 e. The molecular formula is C23H26ClN5O2S. The minimum atomic E-state index is -0.724. The Labute approximate surface area is 196 Å². The molecule has 0 saturated carbocycles. The van der Waals surface area contributed by atoms with Crippen LogP contribution in [0.15, 0.2) is 48.5 Å². The van der Waals surface area contributed by atoms with Crippen molar-refractivity contribution in [2.24, 2.45) is 5.92 Å². The molecule has 2 aromatic carbocycles. The highest BCUT2D eigenvalue weighted by Crippen LogP contribution is 2.27. The fourth-order valence-electron chi connectivity index (χ4n) is 3.00. The maximum atomic E-state index is 12.9. The van der Waals surface area contributed by atoms with E-state index in [4.69, 9.17) is 11.6 Å². The lowest BCUT2D eigenvalue weighted by Gasteiger charge is -2.23. The van der Waals surface area contributed by atoms with Gasteiger partial charge in [0.25, 0.3) is 0 Å². The molecular weight excluding hydrogens is 446 g/mol. The van der Waals surface area contributed by atoms with Gasteiger partial charge in [0.05, 0.1) is 0 Å². The third-order valence-electron chi connectivity index (χ3n) is 5.15. The molecule has 1 aromatic heterocycles. The topological polar surface area (TPSA) is 96.0 Å². The average molecular weight is 472 g/mol. The third-order valence-corrected chi connectivity index (χ3v) is 6.29. The Balaban J connectivity index is 1.65. The van der Waals surface area contributed by atoms with E-state index in [9.17, 15) is 9.59 Å². The summed E-state index contributed by atoms with van der Waals surface area (Å²) in [4.78, 5) is 25.5. The molecule has 0 aliphatic heterocycles. The van der Waals surface area contributed by atoms with Crippen LogP contribution in [0, 0.1) is 5.92 Å². The van der Waals surface area contributed by atoms with E-state index in [1.807, 2.05) is 50.2 Å². The summed E-state index contributed by atoms with van der Waals surface area (Å²) in [5.41, 5.74) is 2.71. The molecule has 3 amide bonds. The van der Waals surface area contributed by atoms with Crippen LogP contribution in [0.4, 0.5) is 15.6 Å². The zero-order chi connectivity index (χ0) is 23.1. The number of nitrogens with zero attached hydrogens (tertiary/aromatic N) is 2. The van der Waals surface area contributed by atoms with Crippen LogP contribution in [0.5, 0.6) is 0 Å². The number of nitrogens with one attached hydrogen (secondary N) is 3. The summed E-state index contributed by atoms with van der Waals surface area (Å²) in [5, 5.41) is 18.2. The number of aromatic nitrogens is 2. The summed E-state index contributed by atoms with van der Waals surface area (Å²) in [6, 6.07) is 13.7. The van der Waals surface area contributed by atoms with Crippen LogP contribution in [-0.4, -0.2) is 28.2 Å². The number of amides is 3. The van der Waals surface area contributed by atoms with Gasteiger partial charge in [0.2, 0.25) is 11.0 Å². The number of hydrogen-bond donors (Lipinski definition) is 3. The molecule has 0 radical (unpaired) electrons. The molecule has 0 fully saturated rings. The molecule has 32 heavy (non-hydrogen) atoms. The zero-order valence-corrected chi connectivity index (χ0v) is 19.8. The normalized spacial score (nSPS) is 12.6. The number of carbonyl (C=O) groups excluding carboxylic acids is 2. The summed E-state index contributed by atoms with van der Waals surface area (Å²) in [5.74, 6) is -0.415. The van der Waals surface area contributed by atoms with Gasteiger partial charge in [-0.05, 0) is 42.2 Å². The van der Waals surface area contributed by atoms with Crippen molar-refractivity contribution in [1.29, 1.82) is 0 Å². The summed E-state index contributed by atoms with van der Waals surface area (Å²) in [7, 11) is 0. The first-order valence-corrected chi connectivity index (χ1v) is 11.7. The van der Waals surface area contributed by atoms with Gasteiger partial charge in [-0.25, -0.2) is 4.79 Å². The Morgan fingerprint density at radius 1 is 1.00 bits per heavy atom. The first-order valence-electron chi connectivity index (χ1n) is 10.5. The third kappa shape index (κ3) is 6.27. The van der Waals surface area contributed by atoms with Gasteiger partial charge >= 0.3 is 6.03 Å². The molecule has 3 N–H and O–H groups in total. The maximum Gasteiger partial charge on any atom is 0.319 e. The fraction of sp³-hybridized carbons (Fsp3) is 0.304. The van der Waals surface area contributed by atoms with Gasteiger partial charge in [0.15, 0.2) is 0 Å². The van der Waals surface area contributed by atoms with Crippen LogP contribution in [0.3, 0.4) is 0 Å². The smallest absolute Gasteiger partial charge is 0.319 e. The van der Waals surface area contributed by atoms with Gasteiger partial charge < -0.3 is 10.6 Å². The largest absolute Gasteiger partial charge is 0.326 e. The van der Waals surface area contributed by atoms with Gasteiger partial charge in [-0.1, -0.05) is 74.4 Å². The molecule has 7 nitrogen and oxygen atoms in total. The number of urea groups is 1. The zero-order valence-electron chi connectivity index (χ0n) is 18.2. The lowest BCUT2D eigenvalue weighted by atomic mass is 9.98. The second kappa shape index (κ2) is 11.1. The van der Waals surface area contributed by atoms with Crippen LogP contribution in [0.2, 0.25) is 5.02 Å². The number of benzene rings is 2. The molecule has 168 valence electrons. The van der Waals surface area contributed by atoms with Crippen LogP contribution in [0.25, 0.3) is 10.6 Å². The number of aryl methyl sites for hydroxylation is 1. The molecule has 9 heteroatoms. The highest BCUT2D eigenvalue weighted by molar-refractivity contribution is 7.18. The molecule has 0 saturated heterocycles. The van der Waals surface area contributed by atoms with Crippen molar-refractivity contribution < 1.29 is 9.59 Å². The van der Waals surface area contributed by atoms with E-state index >= 15 is 0 Å². The summed E-state index contributed by atoms with van der Waals surface area (Å²) in [6.45, 7) is 5.96. The van der Waals surface area contributed by atoms with Crippen molar-refractivity contribution >= 4 is 45.7 Å². The molecule has 3 aromatic rings. The predicted octanol–water partition coefficient (Wildman–Crippen LogP) is 5.60. The van der Waals surface area contributed by atoms with E-state index in [0.717, 1.165) is 18.4 Å². The maximum absolute atomic E-state index is 12.9. The van der Waals surface area contributed by atoms with Gasteiger partial charge in [-0.15, -0.1) is 10.2 Å². The van der Waals surface area contributed by atoms with E-state index in [0.29, 0.717) is 20.8 Å². The number of anilines is 2. The lowest BCUT2D eigenvalue weighted by Crippen LogP contribution is -2.49. The molecule has 0 aliphatic rings. The van der Waals surface area contributed by atoms with Gasteiger partial charge in [-0.3, -0.25) is 10.1 Å². The van der Waals surface area contributed by atoms with Gasteiger partial charge in [0, 0.05) is 16.3 Å². The van der Waals surface area contributed by atoms with Crippen molar-refractivity contribution in [2.75, 3.05) is 10.6 Å². The van der Waals surface area contributed by atoms with Gasteiger partial charge in [-0.2, -0.15) is 0 Å². The van der Waals surface area contributed by atoms with E-state index in [-0.39, 0.29) is 11.8 Å². The molecule has 0 bridgehead atoms. The van der Waals surface area contributed by atoms with Crippen molar-refractivity contribution in [3.63, 3.8) is 0 Å². The summed E-state index contributed by atoms with van der Waals surface area (Å²) < 4.78 is 0. The first-order chi connectivity index (χ1) is 15.4. The molecule has 3 rings (SSSR count). The summed E-state index contributed by atoms with van der Waals surface area (Å²) in [6.07, 6.45) is 1.64. The van der Waals surface area contributed by atoms with Crippen LogP contribution >= 0.6 is 22.9 Å². The van der Waals surface area contributed by atoms with Crippen molar-refractivity contribution in [1.82, 2.24) is 15.5 Å². The Hall–Kier alpha value is -2.97. The number of halogens is 1. The molecule has 1 heterocycles. The standard InChI is InChI=1S/C23H26ClN5O2S/c1-4-14(3)19(26-22(31)25-18-12-6-15(5-2)7-13-18)20(30)27-23-29-28-21(32-23)16-8-10-17(24)11-9-16/h6-14,19H,4-5H2,1-3H3,(H2,25,26,31)(H,27,29,30)/t14-,19+/m1/s1. The van der Waals surface area contributed by atoms with Crippen LogP contribution in [-0.2, 0) is 11.2 Å². The average Bonchev–Trinajstić information content (AvgIpc) is 3.26. The van der Waals surface area contributed by atoms with E-state index in [2.05, 4.69) is 33.1 Å². The molecule has 0 aliphatic carbocycles. The number of carbonyl (C=O) groups is 2. The van der Waals surface area contributed by atoms with Crippen LogP contribution < -0.4 is 16.0 Å². The number of rotatable bonds is 8. The van der Waals surface area contributed by atoms with Crippen LogP contribution in [0.1, 0.15) is 32.8 Å². The fourth-order valence-corrected chi connectivity index (χ4v) is 3.88. The minimum absolute atomic E-state index is 0.0770. The molecule has 2 atom stereocenters.